The Bertz CT molecular complexity index is 1700. The molecule has 45 heavy (non-hydrogen) atoms. The van der Waals surface area contributed by atoms with E-state index >= 15 is 0 Å². The normalized spacial score (nSPS) is 21.6. The highest BCUT2D eigenvalue weighted by molar-refractivity contribution is 7.89. The van der Waals surface area contributed by atoms with Crippen molar-refractivity contribution < 1.29 is 32.3 Å². The van der Waals surface area contributed by atoms with Gasteiger partial charge in [-0.05, 0) is 36.4 Å². The summed E-state index contributed by atoms with van der Waals surface area (Å²) in [6.45, 7) is 1.81. The highest BCUT2D eigenvalue weighted by Gasteiger charge is 2.41. The van der Waals surface area contributed by atoms with Crippen molar-refractivity contribution in [2.45, 2.75) is 36.8 Å². The summed E-state index contributed by atoms with van der Waals surface area (Å²) in [5, 5.41) is 13.1. The van der Waals surface area contributed by atoms with Crippen LogP contribution in [0.1, 0.15) is 51.0 Å². The van der Waals surface area contributed by atoms with Crippen molar-refractivity contribution in [3.8, 4) is 11.5 Å². The van der Waals surface area contributed by atoms with Crippen LogP contribution in [0.3, 0.4) is 0 Å². The van der Waals surface area contributed by atoms with Gasteiger partial charge >= 0.3 is 0 Å². The van der Waals surface area contributed by atoms with Gasteiger partial charge in [0.1, 0.15) is 22.1 Å². The molecular formula is C29H35N7O7S2. The topological polar surface area (TPSA) is 156 Å². The number of fused-ring (bicyclic) bond motifs is 5. The number of likely N-dealkylation sites (N-methyl/N-ethyl adjacent to an activating group) is 1. The molecule has 2 atom stereocenters. The molecule has 0 spiro atoms. The lowest BCUT2D eigenvalue weighted by molar-refractivity contribution is -0.122. The number of nitrogens with zero attached hydrogens (tertiary/aromatic N) is 6. The first kappa shape index (κ1) is 31.0. The van der Waals surface area contributed by atoms with Crippen LogP contribution >= 0.6 is 11.3 Å². The highest BCUT2D eigenvalue weighted by atomic mass is 32.2. The summed E-state index contributed by atoms with van der Waals surface area (Å²) in [6, 6.07) is 6.16. The van der Waals surface area contributed by atoms with Gasteiger partial charge in [-0.3, -0.25) is 14.4 Å². The molecule has 3 aromatic rings. The van der Waals surface area contributed by atoms with E-state index < -0.39 is 22.0 Å². The number of ether oxygens (including phenoxy) is 2. The molecule has 3 aliphatic rings. The number of sulfonamides is 1. The van der Waals surface area contributed by atoms with E-state index in [0.29, 0.717) is 30.1 Å². The smallest absolute Gasteiger partial charge is 0.265 e. The zero-order chi connectivity index (χ0) is 31.7. The van der Waals surface area contributed by atoms with Crippen LogP contribution in [0.2, 0.25) is 0 Å². The first-order valence-corrected chi connectivity index (χ1v) is 17.1. The molecule has 2 fully saturated rings. The first-order valence-electron chi connectivity index (χ1n) is 14.8. The van der Waals surface area contributed by atoms with Crippen molar-refractivity contribution in [3.05, 3.63) is 52.0 Å². The molecule has 0 unspecified atom stereocenters. The Labute approximate surface area is 264 Å². The van der Waals surface area contributed by atoms with Crippen LogP contribution in [0, 0.1) is 5.92 Å². The minimum Gasteiger partial charge on any atom is -0.493 e. The first-order chi connectivity index (χ1) is 21.7. The number of carbonyl (C=O) groups excluding carboxylic acids is 3. The van der Waals surface area contributed by atoms with E-state index in [2.05, 4.69) is 15.6 Å². The summed E-state index contributed by atoms with van der Waals surface area (Å²) in [5.74, 6) is -0.579. The number of hydrogen-bond acceptors (Lipinski definition) is 10. The molecule has 14 nitrogen and oxygen atoms in total. The Morgan fingerprint density at radius 2 is 1.93 bits per heavy atom. The number of likely N-dealkylation sites (tertiary alicyclic amines) is 1. The molecule has 16 heteroatoms. The van der Waals surface area contributed by atoms with Gasteiger partial charge in [-0.15, -0.1) is 16.4 Å². The van der Waals surface area contributed by atoms with Crippen LogP contribution < -0.4 is 14.8 Å². The second-order valence-corrected chi connectivity index (χ2v) is 14.2. The van der Waals surface area contributed by atoms with Gasteiger partial charge < -0.3 is 24.6 Å². The number of para-hydroxylation sites is 1. The van der Waals surface area contributed by atoms with Crippen molar-refractivity contribution in [1.82, 2.24) is 34.4 Å². The maximum Gasteiger partial charge on any atom is 0.265 e. The van der Waals surface area contributed by atoms with Gasteiger partial charge in [-0.25, -0.2) is 13.1 Å². The van der Waals surface area contributed by atoms with E-state index in [1.807, 2.05) is 0 Å². The van der Waals surface area contributed by atoms with Crippen LogP contribution in [0.4, 0.5) is 0 Å². The zero-order valence-electron chi connectivity index (χ0n) is 25.0. The van der Waals surface area contributed by atoms with E-state index in [1.165, 1.54) is 22.4 Å². The summed E-state index contributed by atoms with van der Waals surface area (Å²) in [4.78, 5) is 43.5. The Balaban J connectivity index is 1.28. The minimum absolute atomic E-state index is 0.00218. The molecule has 6 rings (SSSR count). The van der Waals surface area contributed by atoms with E-state index in [0.717, 1.165) is 24.2 Å². The van der Waals surface area contributed by atoms with Crippen molar-refractivity contribution >= 4 is 39.1 Å². The number of rotatable bonds is 4. The number of hydrogen-bond donors (Lipinski definition) is 1. The molecule has 1 N–H and O–H groups in total. The number of methoxy groups -OCH3 is 1. The van der Waals surface area contributed by atoms with E-state index in [1.54, 1.807) is 46.4 Å². The Morgan fingerprint density at radius 1 is 1.13 bits per heavy atom. The number of benzene rings is 1. The number of aromatic nitrogens is 3. The number of nitrogens with one attached hydrogen (secondary N) is 1. The molecule has 3 aliphatic heterocycles. The van der Waals surface area contributed by atoms with Crippen molar-refractivity contribution in [2.24, 2.45) is 5.92 Å². The molecule has 1 aromatic carbocycles. The standard InChI is InChI=1S/C29H35N7O7S2/c1-33-12-9-30-25(37)14-19-15-34(29(39)27-24(8-13-44-27)45(40,41)35-10-3-4-11-35)17-22(19)36-16-20(31-32-36)18-43-26-21(28(33)38)6-5-7-23(26)42-2/h5-8,13,16,19,22H,3-4,9-12,14-15,17-18H2,1-2H3,(H,30,37)/t19-,22+/m0/s1. The molecule has 2 saturated heterocycles. The van der Waals surface area contributed by atoms with E-state index in [9.17, 15) is 22.8 Å². The third-order valence-electron chi connectivity index (χ3n) is 8.45. The summed E-state index contributed by atoms with van der Waals surface area (Å²) in [6.07, 6.45) is 3.39. The third kappa shape index (κ3) is 6.13. The Kier molecular flexibility index (Phi) is 8.79. The molecule has 240 valence electrons. The zero-order valence-corrected chi connectivity index (χ0v) is 26.7. The molecular weight excluding hydrogens is 622 g/mol. The summed E-state index contributed by atoms with van der Waals surface area (Å²) in [7, 11) is -0.656. The maximum atomic E-state index is 13.8. The van der Waals surface area contributed by atoms with Crippen LogP contribution in [-0.4, -0.2) is 109 Å². The number of carbonyl (C=O) groups is 3. The largest absolute Gasteiger partial charge is 0.493 e. The molecule has 0 aliphatic carbocycles. The fraction of sp³-hybridized carbons (Fsp3) is 0.483. The number of thiophene rings is 1. The van der Waals surface area contributed by atoms with Gasteiger partial charge in [0.05, 0.1) is 24.9 Å². The summed E-state index contributed by atoms with van der Waals surface area (Å²) >= 11 is 1.10. The predicted molar refractivity (Wildman–Crippen MR) is 163 cm³/mol. The maximum absolute atomic E-state index is 13.8. The monoisotopic (exact) mass is 657 g/mol. The lowest BCUT2D eigenvalue weighted by Gasteiger charge is -2.21. The van der Waals surface area contributed by atoms with Crippen molar-refractivity contribution in [3.63, 3.8) is 0 Å². The van der Waals surface area contributed by atoms with Gasteiger partial charge in [0.25, 0.3) is 11.8 Å². The average Bonchev–Trinajstić information content (AvgIpc) is 3.85. The van der Waals surface area contributed by atoms with Gasteiger partial charge in [0.15, 0.2) is 11.5 Å². The van der Waals surface area contributed by atoms with E-state index in [-0.39, 0.29) is 72.5 Å². The predicted octanol–water partition coefficient (Wildman–Crippen LogP) is 1.62. The summed E-state index contributed by atoms with van der Waals surface area (Å²) < 4.78 is 41.3. The van der Waals surface area contributed by atoms with Crippen LogP contribution in [-0.2, 0) is 21.4 Å². The quantitative estimate of drug-likeness (QED) is 0.441. The second-order valence-electron chi connectivity index (χ2n) is 11.4. The lowest BCUT2D eigenvalue weighted by Crippen LogP contribution is -2.37. The molecule has 0 radical (unpaired) electrons. The van der Waals surface area contributed by atoms with Gasteiger partial charge in [-0.2, -0.15) is 4.31 Å². The number of amides is 3. The van der Waals surface area contributed by atoms with E-state index in [4.69, 9.17) is 9.47 Å². The molecule has 3 amide bonds. The van der Waals surface area contributed by atoms with Gasteiger partial charge in [-0.1, -0.05) is 11.3 Å². The van der Waals surface area contributed by atoms with Crippen molar-refractivity contribution in [1.29, 1.82) is 0 Å². The second kappa shape index (κ2) is 12.8. The average molecular weight is 658 g/mol. The molecule has 0 saturated carbocycles. The minimum atomic E-state index is -3.79. The Hall–Kier alpha value is -4.02. The molecule has 2 bridgehead atoms. The van der Waals surface area contributed by atoms with Gasteiger partial charge in [0, 0.05) is 58.7 Å². The fourth-order valence-electron chi connectivity index (χ4n) is 6.05. The highest BCUT2D eigenvalue weighted by Crippen LogP contribution is 2.36. The Morgan fingerprint density at radius 3 is 2.71 bits per heavy atom. The van der Waals surface area contributed by atoms with Crippen LogP contribution in [0.5, 0.6) is 11.5 Å². The van der Waals surface area contributed by atoms with Crippen LogP contribution in [0.15, 0.2) is 40.7 Å². The van der Waals surface area contributed by atoms with Crippen LogP contribution in [0.25, 0.3) is 0 Å². The lowest BCUT2D eigenvalue weighted by atomic mass is 9.99. The summed E-state index contributed by atoms with van der Waals surface area (Å²) in [5.41, 5.74) is 0.789. The van der Waals surface area contributed by atoms with Crippen molar-refractivity contribution in [2.75, 3.05) is 53.4 Å². The molecule has 2 aromatic heterocycles. The van der Waals surface area contributed by atoms with Gasteiger partial charge in [0.2, 0.25) is 15.9 Å². The molecule has 5 heterocycles. The SMILES string of the molecule is COc1cccc2c1OCc1cn(nn1)[C@@H]1CN(C(=O)c3sccc3S(=O)(=O)N3CCCC3)C[C@@H]1CC(=O)NCCN(C)C2=O. The fourth-order valence-corrected chi connectivity index (χ4v) is 8.93. The third-order valence-corrected chi connectivity index (χ3v) is 11.4.